The predicted octanol–water partition coefficient (Wildman–Crippen LogP) is 3.92. The second-order valence-electron chi connectivity index (χ2n) is 6.49. The number of anilines is 1. The molecular formula is C15H19ClF2N2O2. The topological polar surface area (TPSA) is 64.3 Å². The molecule has 7 heteroatoms. The van der Waals surface area contributed by atoms with Gasteiger partial charge in [0, 0.05) is 13.0 Å². The number of hydrogen-bond acceptors (Lipinski definition) is 3. The molecule has 0 bridgehead atoms. The predicted molar refractivity (Wildman–Crippen MR) is 81.6 cm³/mol. The Labute approximate surface area is 133 Å². The molecule has 1 aliphatic rings. The van der Waals surface area contributed by atoms with Crippen molar-refractivity contribution in [2.75, 3.05) is 11.9 Å². The molecule has 1 fully saturated rings. The minimum absolute atomic E-state index is 0.173. The fourth-order valence-electron chi connectivity index (χ4n) is 2.32. The summed E-state index contributed by atoms with van der Waals surface area (Å²) in [5, 5.41) is 2.72. The summed E-state index contributed by atoms with van der Waals surface area (Å²) in [7, 11) is 0. The number of nitrogens with one attached hydrogen (secondary N) is 1. The van der Waals surface area contributed by atoms with Crippen LogP contribution < -0.4 is 11.1 Å². The van der Waals surface area contributed by atoms with Crippen molar-refractivity contribution in [3.63, 3.8) is 0 Å². The van der Waals surface area contributed by atoms with Gasteiger partial charge >= 0.3 is 6.09 Å². The Kier molecular flexibility index (Phi) is 4.13. The van der Waals surface area contributed by atoms with Crippen LogP contribution in [-0.2, 0) is 10.2 Å². The number of ether oxygens (including phenoxy) is 1. The zero-order chi connectivity index (χ0) is 16.8. The molecule has 0 saturated heterocycles. The first-order valence-corrected chi connectivity index (χ1v) is 7.26. The molecule has 1 amide bonds. The molecule has 0 aliphatic heterocycles. The van der Waals surface area contributed by atoms with Crippen molar-refractivity contribution in [3.05, 3.63) is 28.8 Å². The van der Waals surface area contributed by atoms with Crippen LogP contribution in [0.5, 0.6) is 0 Å². The number of alkyl halides is 2. The number of halogens is 3. The van der Waals surface area contributed by atoms with Crippen molar-refractivity contribution in [3.8, 4) is 0 Å². The molecule has 1 unspecified atom stereocenters. The first-order chi connectivity index (χ1) is 10.0. The van der Waals surface area contributed by atoms with E-state index in [1.165, 1.54) is 18.2 Å². The fourth-order valence-corrected chi connectivity index (χ4v) is 2.48. The van der Waals surface area contributed by atoms with E-state index < -0.39 is 23.0 Å². The lowest BCUT2D eigenvalue weighted by Gasteiger charge is -2.21. The van der Waals surface area contributed by atoms with Gasteiger partial charge in [-0.3, -0.25) is 5.32 Å². The number of carbonyl (C=O) groups is 1. The van der Waals surface area contributed by atoms with Gasteiger partial charge in [0.15, 0.2) is 0 Å². The van der Waals surface area contributed by atoms with Crippen LogP contribution >= 0.6 is 11.6 Å². The number of hydrogen-bond donors (Lipinski definition) is 2. The number of rotatable bonds is 3. The van der Waals surface area contributed by atoms with Crippen LogP contribution in [0.2, 0.25) is 5.02 Å². The van der Waals surface area contributed by atoms with Gasteiger partial charge in [-0.25, -0.2) is 13.6 Å². The maximum atomic E-state index is 13.6. The number of nitrogens with two attached hydrogens (primary N) is 1. The normalized spacial score (nSPS) is 23.0. The van der Waals surface area contributed by atoms with Gasteiger partial charge in [0.1, 0.15) is 5.60 Å². The molecule has 1 aromatic rings. The quantitative estimate of drug-likeness (QED) is 0.881. The smallest absolute Gasteiger partial charge is 0.412 e. The lowest BCUT2D eigenvalue weighted by atomic mass is 9.95. The molecule has 0 spiro atoms. The van der Waals surface area contributed by atoms with Crippen LogP contribution in [0.4, 0.5) is 19.3 Å². The van der Waals surface area contributed by atoms with E-state index in [-0.39, 0.29) is 23.7 Å². The summed E-state index contributed by atoms with van der Waals surface area (Å²) >= 11 is 6.01. The van der Waals surface area contributed by atoms with Crippen molar-refractivity contribution < 1.29 is 18.3 Å². The summed E-state index contributed by atoms with van der Waals surface area (Å²) in [4.78, 5) is 11.8. The van der Waals surface area contributed by atoms with Gasteiger partial charge in [0.2, 0.25) is 0 Å². The summed E-state index contributed by atoms with van der Waals surface area (Å²) in [6.45, 7) is 4.99. The highest BCUT2D eigenvalue weighted by Crippen LogP contribution is 2.61. The van der Waals surface area contributed by atoms with Crippen LogP contribution in [0.1, 0.15) is 32.8 Å². The molecular weight excluding hydrogens is 314 g/mol. The molecule has 1 aromatic carbocycles. The largest absolute Gasteiger partial charge is 0.444 e. The summed E-state index contributed by atoms with van der Waals surface area (Å²) in [5.74, 6) is -2.83. The lowest BCUT2D eigenvalue weighted by molar-refractivity contribution is 0.0636. The summed E-state index contributed by atoms with van der Waals surface area (Å²) in [5.41, 5.74) is 4.06. The van der Waals surface area contributed by atoms with Crippen LogP contribution in [0.25, 0.3) is 0 Å². The van der Waals surface area contributed by atoms with Gasteiger partial charge in [0.25, 0.3) is 5.92 Å². The number of carbonyl (C=O) groups excluding carboxylic acids is 1. The third-order valence-electron chi connectivity index (χ3n) is 3.60. The highest BCUT2D eigenvalue weighted by Gasteiger charge is 2.71. The number of amides is 1. The molecule has 22 heavy (non-hydrogen) atoms. The zero-order valence-electron chi connectivity index (χ0n) is 12.7. The summed E-state index contributed by atoms with van der Waals surface area (Å²) < 4.78 is 32.4. The molecule has 0 aromatic heterocycles. The SMILES string of the molecule is CC(C)(C)OC(=O)Nc1cc(C2(CN)CC2(F)F)ccc1Cl. The van der Waals surface area contributed by atoms with E-state index in [2.05, 4.69) is 5.32 Å². The maximum absolute atomic E-state index is 13.6. The van der Waals surface area contributed by atoms with Crippen LogP contribution in [0.3, 0.4) is 0 Å². The molecule has 1 saturated carbocycles. The van der Waals surface area contributed by atoms with E-state index in [0.717, 1.165) is 0 Å². The van der Waals surface area contributed by atoms with E-state index in [1.54, 1.807) is 20.8 Å². The standard InChI is InChI=1S/C15H19ClF2N2O2/c1-13(2,3)22-12(21)20-11-6-9(4-5-10(11)16)14(8-19)7-15(14,17)18/h4-6H,7-8,19H2,1-3H3,(H,20,21). The van der Waals surface area contributed by atoms with Crippen molar-refractivity contribution in [2.45, 2.75) is 44.1 Å². The highest BCUT2D eigenvalue weighted by atomic mass is 35.5. The van der Waals surface area contributed by atoms with Crippen molar-refractivity contribution in [2.24, 2.45) is 5.73 Å². The molecule has 4 nitrogen and oxygen atoms in total. The molecule has 1 aliphatic carbocycles. The first kappa shape index (κ1) is 17.0. The van der Waals surface area contributed by atoms with Crippen LogP contribution in [-0.4, -0.2) is 24.2 Å². The monoisotopic (exact) mass is 332 g/mol. The van der Waals surface area contributed by atoms with Crippen molar-refractivity contribution in [1.29, 1.82) is 0 Å². The lowest BCUT2D eigenvalue weighted by Crippen LogP contribution is -2.28. The van der Waals surface area contributed by atoms with Gasteiger partial charge in [0.05, 0.1) is 16.1 Å². The van der Waals surface area contributed by atoms with Crippen molar-refractivity contribution >= 4 is 23.4 Å². The Morgan fingerprint density at radius 2 is 2.05 bits per heavy atom. The van der Waals surface area contributed by atoms with E-state index in [1.807, 2.05) is 0 Å². The fraction of sp³-hybridized carbons (Fsp3) is 0.533. The van der Waals surface area contributed by atoms with E-state index >= 15 is 0 Å². The average molecular weight is 333 g/mol. The molecule has 122 valence electrons. The third kappa shape index (κ3) is 3.17. The molecule has 0 heterocycles. The van der Waals surface area contributed by atoms with E-state index in [4.69, 9.17) is 22.1 Å². The Morgan fingerprint density at radius 3 is 2.50 bits per heavy atom. The van der Waals surface area contributed by atoms with E-state index in [9.17, 15) is 13.6 Å². The van der Waals surface area contributed by atoms with Crippen molar-refractivity contribution in [1.82, 2.24) is 0 Å². The third-order valence-corrected chi connectivity index (χ3v) is 3.93. The molecule has 0 radical (unpaired) electrons. The molecule has 1 atom stereocenters. The maximum Gasteiger partial charge on any atom is 0.412 e. The van der Waals surface area contributed by atoms with Gasteiger partial charge in [-0.15, -0.1) is 0 Å². The Morgan fingerprint density at radius 1 is 1.45 bits per heavy atom. The Hall–Kier alpha value is -1.40. The minimum atomic E-state index is -2.83. The number of benzene rings is 1. The second-order valence-corrected chi connectivity index (χ2v) is 6.90. The highest BCUT2D eigenvalue weighted by molar-refractivity contribution is 6.33. The van der Waals surface area contributed by atoms with Crippen LogP contribution in [0, 0.1) is 0 Å². The average Bonchev–Trinajstić information content (AvgIpc) is 2.93. The Balaban J connectivity index is 2.24. The van der Waals surface area contributed by atoms with E-state index in [0.29, 0.717) is 5.56 Å². The second kappa shape index (κ2) is 5.35. The Bertz CT molecular complexity index is 602. The first-order valence-electron chi connectivity index (χ1n) is 6.89. The zero-order valence-corrected chi connectivity index (χ0v) is 13.4. The molecule has 3 N–H and O–H groups in total. The van der Waals surface area contributed by atoms with Gasteiger partial charge < -0.3 is 10.5 Å². The van der Waals surface area contributed by atoms with Gasteiger partial charge in [-0.05, 0) is 38.5 Å². The van der Waals surface area contributed by atoms with Gasteiger partial charge in [-0.2, -0.15) is 0 Å². The molecule has 2 rings (SSSR count). The summed E-state index contributed by atoms with van der Waals surface area (Å²) in [6.07, 6.45) is -1.000. The minimum Gasteiger partial charge on any atom is -0.444 e. The summed E-state index contributed by atoms with van der Waals surface area (Å²) in [6, 6.07) is 4.41. The van der Waals surface area contributed by atoms with Gasteiger partial charge in [-0.1, -0.05) is 17.7 Å². The van der Waals surface area contributed by atoms with Crippen LogP contribution in [0.15, 0.2) is 18.2 Å².